The molecule has 1 aliphatic rings. The largest absolute Gasteiger partial charge is 0.481 e. The molecule has 0 aromatic carbocycles. The Morgan fingerprint density at radius 1 is 1.35 bits per heavy atom. The van der Waals surface area contributed by atoms with E-state index < -0.39 is 17.7 Å². The van der Waals surface area contributed by atoms with E-state index in [4.69, 9.17) is 9.84 Å². The van der Waals surface area contributed by atoms with E-state index in [9.17, 15) is 9.59 Å². The van der Waals surface area contributed by atoms with Crippen molar-refractivity contribution in [1.29, 1.82) is 0 Å². The van der Waals surface area contributed by atoms with E-state index >= 15 is 0 Å². The first kappa shape index (κ1) is 16.8. The average molecular weight is 286 g/mol. The number of nitrogens with one attached hydrogen (secondary N) is 1. The van der Waals surface area contributed by atoms with Gasteiger partial charge in [-0.1, -0.05) is 0 Å². The fourth-order valence-electron chi connectivity index (χ4n) is 2.52. The molecule has 2 atom stereocenters. The smallest absolute Gasteiger partial charge is 0.407 e. The van der Waals surface area contributed by atoms with Gasteiger partial charge in [0.2, 0.25) is 0 Å². The molecule has 20 heavy (non-hydrogen) atoms. The number of carboxylic acid groups (broad SMARTS) is 1. The van der Waals surface area contributed by atoms with Crippen LogP contribution in [-0.4, -0.2) is 54.4 Å². The quantitative estimate of drug-likeness (QED) is 0.820. The molecule has 0 radical (unpaired) electrons. The molecule has 1 amide bonds. The van der Waals surface area contributed by atoms with Crippen LogP contribution in [0.2, 0.25) is 0 Å². The number of nitrogens with zero attached hydrogens (tertiary/aromatic N) is 1. The lowest BCUT2D eigenvalue weighted by molar-refractivity contribution is -0.139. The molecular formula is C14H26N2O4. The van der Waals surface area contributed by atoms with Crippen molar-refractivity contribution in [2.45, 2.75) is 39.2 Å². The lowest BCUT2D eigenvalue weighted by atomic mass is 9.83. The van der Waals surface area contributed by atoms with Crippen molar-refractivity contribution < 1.29 is 19.4 Å². The summed E-state index contributed by atoms with van der Waals surface area (Å²) in [6.45, 7) is 7.60. The molecule has 1 fully saturated rings. The maximum atomic E-state index is 11.6. The van der Waals surface area contributed by atoms with Crippen molar-refractivity contribution in [3.8, 4) is 0 Å². The van der Waals surface area contributed by atoms with E-state index in [0.29, 0.717) is 6.54 Å². The SMILES string of the molecule is CN1CC[C@@H](CNC(=O)OC(C)(C)C)[C@@H](CC(=O)O)C1. The number of alkyl carbamates (subject to hydrolysis) is 1. The van der Waals surface area contributed by atoms with Crippen LogP contribution < -0.4 is 5.32 Å². The molecule has 0 saturated carbocycles. The van der Waals surface area contributed by atoms with Gasteiger partial charge in [-0.2, -0.15) is 0 Å². The summed E-state index contributed by atoms with van der Waals surface area (Å²) in [6, 6.07) is 0. The van der Waals surface area contributed by atoms with Gasteiger partial charge in [-0.25, -0.2) is 4.79 Å². The number of hydrogen-bond donors (Lipinski definition) is 2. The van der Waals surface area contributed by atoms with Gasteiger partial charge in [0.05, 0.1) is 0 Å². The van der Waals surface area contributed by atoms with Crippen LogP contribution in [0.15, 0.2) is 0 Å². The number of hydrogen-bond acceptors (Lipinski definition) is 4. The summed E-state index contributed by atoms with van der Waals surface area (Å²) >= 11 is 0. The maximum Gasteiger partial charge on any atom is 0.407 e. The van der Waals surface area contributed by atoms with Gasteiger partial charge in [0.15, 0.2) is 0 Å². The van der Waals surface area contributed by atoms with E-state index in [1.54, 1.807) is 0 Å². The van der Waals surface area contributed by atoms with Crippen LogP contribution in [0.5, 0.6) is 0 Å². The summed E-state index contributed by atoms with van der Waals surface area (Å²) in [6.07, 6.45) is 0.598. The Morgan fingerprint density at radius 3 is 2.55 bits per heavy atom. The molecule has 2 N–H and O–H groups in total. The van der Waals surface area contributed by atoms with Crippen LogP contribution in [-0.2, 0) is 9.53 Å². The Balaban J connectivity index is 2.47. The zero-order valence-electron chi connectivity index (χ0n) is 12.8. The second-order valence-electron chi connectivity index (χ2n) is 6.55. The summed E-state index contributed by atoms with van der Waals surface area (Å²) in [5.74, 6) is -0.524. The first-order valence-corrected chi connectivity index (χ1v) is 7.04. The third-order valence-corrected chi connectivity index (χ3v) is 3.44. The average Bonchev–Trinajstić information content (AvgIpc) is 2.24. The van der Waals surface area contributed by atoms with Crippen LogP contribution in [0.4, 0.5) is 4.79 Å². The standard InChI is InChI=1S/C14H26N2O4/c1-14(2,3)20-13(19)15-8-10-5-6-16(4)9-11(10)7-12(17)18/h10-11H,5-9H2,1-4H3,(H,15,19)(H,17,18)/t10-,11-/m0/s1. The van der Waals surface area contributed by atoms with Gasteiger partial charge in [-0.15, -0.1) is 0 Å². The molecule has 1 aliphatic heterocycles. The molecule has 116 valence electrons. The van der Waals surface area contributed by atoms with Gasteiger partial charge in [-0.05, 0) is 52.6 Å². The van der Waals surface area contributed by atoms with Crippen molar-refractivity contribution in [1.82, 2.24) is 10.2 Å². The Hall–Kier alpha value is -1.30. The van der Waals surface area contributed by atoms with E-state index in [-0.39, 0.29) is 18.3 Å². The Labute approximate surface area is 120 Å². The van der Waals surface area contributed by atoms with Crippen LogP contribution in [0, 0.1) is 11.8 Å². The van der Waals surface area contributed by atoms with E-state index in [0.717, 1.165) is 19.5 Å². The van der Waals surface area contributed by atoms with E-state index in [2.05, 4.69) is 10.2 Å². The highest BCUT2D eigenvalue weighted by molar-refractivity contribution is 5.68. The number of carbonyl (C=O) groups is 2. The lowest BCUT2D eigenvalue weighted by Gasteiger charge is -2.36. The molecule has 0 spiro atoms. The molecule has 1 rings (SSSR count). The monoisotopic (exact) mass is 286 g/mol. The zero-order chi connectivity index (χ0) is 15.3. The summed E-state index contributed by atoms with van der Waals surface area (Å²) in [7, 11) is 1.99. The second kappa shape index (κ2) is 6.92. The van der Waals surface area contributed by atoms with Gasteiger partial charge in [-0.3, -0.25) is 4.79 Å². The van der Waals surface area contributed by atoms with Gasteiger partial charge >= 0.3 is 12.1 Å². The highest BCUT2D eigenvalue weighted by atomic mass is 16.6. The molecule has 1 saturated heterocycles. The number of piperidine rings is 1. The van der Waals surface area contributed by atoms with Gasteiger partial charge < -0.3 is 20.1 Å². The predicted molar refractivity (Wildman–Crippen MR) is 75.6 cm³/mol. The molecule has 1 heterocycles. The third kappa shape index (κ3) is 6.23. The molecule has 0 bridgehead atoms. The third-order valence-electron chi connectivity index (χ3n) is 3.44. The summed E-state index contributed by atoms with van der Waals surface area (Å²) in [5, 5.41) is 11.7. The van der Waals surface area contributed by atoms with Crippen LogP contribution in [0.3, 0.4) is 0 Å². The normalized spacial score (nSPS) is 24.2. The predicted octanol–water partition coefficient (Wildman–Crippen LogP) is 1.55. The Bertz CT molecular complexity index is 352. The molecule has 6 heteroatoms. The highest BCUT2D eigenvalue weighted by Crippen LogP contribution is 2.25. The van der Waals surface area contributed by atoms with E-state index in [1.807, 2.05) is 27.8 Å². The van der Waals surface area contributed by atoms with Crippen molar-refractivity contribution in [3.63, 3.8) is 0 Å². The number of amides is 1. The topological polar surface area (TPSA) is 78.9 Å². The molecule has 0 aromatic heterocycles. The maximum absolute atomic E-state index is 11.6. The fraction of sp³-hybridized carbons (Fsp3) is 0.857. The zero-order valence-corrected chi connectivity index (χ0v) is 12.8. The Kier molecular flexibility index (Phi) is 5.80. The Morgan fingerprint density at radius 2 is 2.00 bits per heavy atom. The first-order chi connectivity index (χ1) is 9.17. The van der Waals surface area contributed by atoms with Crippen molar-refractivity contribution in [2.75, 3.05) is 26.7 Å². The number of rotatable bonds is 4. The van der Waals surface area contributed by atoms with Crippen LogP contribution >= 0.6 is 0 Å². The van der Waals surface area contributed by atoms with Gasteiger partial charge in [0, 0.05) is 19.5 Å². The number of likely N-dealkylation sites (tertiary alicyclic amines) is 1. The molecule has 0 aromatic rings. The summed E-state index contributed by atoms with van der Waals surface area (Å²) in [4.78, 5) is 24.7. The minimum atomic E-state index is -0.785. The summed E-state index contributed by atoms with van der Waals surface area (Å²) in [5.41, 5.74) is -0.517. The molecule has 6 nitrogen and oxygen atoms in total. The van der Waals surface area contributed by atoms with Gasteiger partial charge in [0.25, 0.3) is 0 Å². The minimum Gasteiger partial charge on any atom is -0.481 e. The number of ether oxygens (including phenoxy) is 1. The second-order valence-corrected chi connectivity index (χ2v) is 6.55. The summed E-state index contributed by atoms with van der Waals surface area (Å²) < 4.78 is 5.19. The van der Waals surface area contributed by atoms with Crippen LogP contribution in [0.25, 0.3) is 0 Å². The number of carboxylic acids is 1. The number of aliphatic carboxylic acids is 1. The van der Waals surface area contributed by atoms with Crippen molar-refractivity contribution in [3.05, 3.63) is 0 Å². The van der Waals surface area contributed by atoms with Crippen molar-refractivity contribution in [2.24, 2.45) is 11.8 Å². The van der Waals surface area contributed by atoms with Crippen molar-refractivity contribution >= 4 is 12.1 Å². The van der Waals surface area contributed by atoms with E-state index in [1.165, 1.54) is 0 Å². The highest BCUT2D eigenvalue weighted by Gasteiger charge is 2.30. The van der Waals surface area contributed by atoms with Crippen LogP contribution in [0.1, 0.15) is 33.6 Å². The van der Waals surface area contributed by atoms with Gasteiger partial charge in [0.1, 0.15) is 5.60 Å². The molecule has 0 unspecified atom stereocenters. The molecule has 0 aliphatic carbocycles. The minimum absolute atomic E-state index is 0.0705. The molecular weight excluding hydrogens is 260 g/mol. The lowest BCUT2D eigenvalue weighted by Crippen LogP contribution is -2.44. The fourth-order valence-corrected chi connectivity index (χ4v) is 2.52. The first-order valence-electron chi connectivity index (χ1n) is 7.04. The number of carbonyl (C=O) groups excluding carboxylic acids is 1.